The van der Waals surface area contributed by atoms with Crippen LogP contribution in [0, 0.1) is 17.8 Å². The summed E-state index contributed by atoms with van der Waals surface area (Å²) in [5.74, 6) is -5.40. The Morgan fingerprint density at radius 3 is 2.11 bits per heavy atom. The van der Waals surface area contributed by atoms with E-state index in [1.54, 1.807) is 63.2 Å². The Kier molecular flexibility index (Phi) is 25.5. The lowest BCUT2D eigenvalue weighted by molar-refractivity contribution is -0.145. The van der Waals surface area contributed by atoms with Crippen molar-refractivity contribution in [3.8, 4) is 0 Å². The number of methoxy groups -OCH3 is 2. The number of alkyl carbamates (subject to hydrolysis) is 1. The summed E-state index contributed by atoms with van der Waals surface area (Å²) in [6, 6.07) is 4.36. The van der Waals surface area contributed by atoms with Crippen LogP contribution in [0.1, 0.15) is 91.6 Å². The largest absolute Gasteiger partial charge is 0.445 e. The fourth-order valence-electron chi connectivity index (χ4n) is 8.36. The van der Waals surface area contributed by atoms with E-state index in [-0.39, 0.29) is 49.3 Å². The number of thiazole rings is 1. The molecule has 0 spiro atoms. The SMILES string of the molecule is CC[C@H](C)[C@@H]([C@@H](CC(=O)N1CCC[C@H]1[C@H](OC)[C@@H](C)C(=O)NCc1nccs1)OC)N(C)C(=O)CNC(=O)C(C)(C)NC(=O)OCc1ccc(NC(=O)CNC(=O)C(NC(=O)CNC(=O)CNC(C)=O)C(C)C)cc1. The highest BCUT2D eigenvalue weighted by atomic mass is 32.1. The van der Waals surface area contributed by atoms with Gasteiger partial charge in [-0.1, -0.05) is 53.2 Å². The van der Waals surface area contributed by atoms with Gasteiger partial charge in [-0.25, -0.2) is 9.78 Å². The molecule has 0 bridgehead atoms. The predicted molar refractivity (Wildman–Crippen MR) is 277 cm³/mol. The number of ether oxygens (including phenoxy) is 3. The summed E-state index contributed by atoms with van der Waals surface area (Å²) < 4.78 is 17.1. The third kappa shape index (κ3) is 20.1. The molecule has 75 heavy (non-hydrogen) atoms. The van der Waals surface area contributed by atoms with Crippen LogP contribution in [-0.2, 0) is 70.5 Å². The number of benzene rings is 1. The molecule has 7 atom stereocenters. The Morgan fingerprint density at radius 1 is 0.840 bits per heavy atom. The fraction of sp³-hybridized carbons (Fsp3) is 0.620. The number of anilines is 1. The maximum absolute atomic E-state index is 14.1. The number of hydrogen-bond acceptors (Lipinski definition) is 15. The number of carbonyl (C=O) groups is 10. The summed E-state index contributed by atoms with van der Waals surface area (Å²) in [6.45, 7) is 12.2. The first-order chi connectivity index (χ1) is 35.4. The van der Waals surface area contributed by atoms with Crippen molar-refractivity contribution >= 4 is 76.3 Å². The highest BCUT2D eigenvalue weighted by Crippen LogP contribution is 2.29. The summed E-state index contributed by atoms with van der Waals surface area (Å²) in [5.41, 5.74) is -0.607. The van der Waals surface area contributed by atoms with Gasteiger partial charge < -0.3 is 66.5 Å². The van der Waals surface area contributed by atoms with Crippen LogP contribution in [0.2, 0.25) is 0 Å². The van der Waals surface area contributed by atoms with Crippen LogP contribution in [0.25, 0.3) is 0 Å². The van der Waals surface area contributed by atoms with E-state index in [4.69, 9.17) is 14.2 Å². The van der Waals surface area contributed by atoms with Gasteiger partial charge in [0.05, 0.1) is 69.4 Å². The lowest BCUT2D eigenvalue weighted by atomic mass is 9.90. The number of likely N-dealkylation sites (tertiary alicyclic amines) is 1. The van der Waals surface area contributed by atoms with E-state index >= 15 is 0 Å². The zero-order chi connectivity index (χ0) is 56.0. The van der Waals surface area contributed by atoms with Crippen molar-refractivity contribution in [1.29, 1.82) is 0 Å². The molecular weight excluding hydrogens is 995 g/mol. The summed E-state index contributed by atoms with van der Waals surface area (Å²) in [4.78, 5) is 135. The molecule has 1 aliphatic heterocycles. The number of hydrogen-bond donors (Lipinski definition) is 8. The molecule has 1 aromatic carbocycles. The highest BCUT2D eigenvalue weighted by molar-refractivity contribution is 7.09. The van der Waals surface area contributed by atoms with Crippen LogP contribution in [0.5, 0.6) is 0 Å². The molecule has 1 fully saturated rings. The molecule has 25 heteroatoms. The number of nitrogens with zero attached hydrogens (tertiary/aromatic N) is 3. The van der Waals surface area contributed by atoms with E-state index < -0.39 is 103 Å². The van der Waals surface area contributed by atoms with Crippen LogP contribution in [0.3, 0.4) is 0 Å². The molecule has 1 aromatic heterocycles. The van der Waals surface area contributed by atoms with Crippen LogP contribution in [0.4, 0.5) is 10.5 Å². The van der Waals surface area contributed by atoms with Crippen molar-refractivity contribution in [3.05, 3.63) is 46.4 Å². The summed E-state index contributed by atoms with van der Waals surface area (Å²) in [5, 5.41) is 22.9. The molecule has 416 valence electrons. The zero-order valence-corrected chi connectivity index (χ0v) is 45.7. The Bertz CT molecular complexity index is 2260. The molecule has 3 rings (SSSR count). The van der Waals surface area contributed by atoms with Gasteiger partial charge in [0.1, 0.15) is 23.2 Å². The van der Waals surface area contributed by atoms with Crippen LogP contribution in [-0.4, -0.2) is 164 Å². The second-order valence-electron chi connectivity index (χ2n) is 19.2. The van der Waals surface area contributed by atoms with Gasteiger partial charge >= 0.3 is 6.09 Å². The molecule has 0 aliphatic carbocycles. The van der Waals surface area contributed by atoms with Crippen molar-refractivity contribution in [2.75, 3.05) is 59.3 Å². The summed E-state index contributed by atoms with van der Waals surface area (Å²) >= 11 is 1.44. The van der Waals surface area contributed by atoms with Gasteiger partial charge in [-0.15, -0.1) is 11.3 Å². The second kappa shape index (κ2) is 30.6. The molecule has 1 aliphatic rings. The summed E-state index contributed by atoms with van der Waals surface area (Å²) in [7, 11) is 4.62. The van der Waals surface area contributed by atoms with E-state index in [1.165, 1.54) is 51.2 Å². The second-order valence-corrected chi connectivity index (χ2v) is 20.2. The van der Waals surface area contributed by atoms with Crippen LogP contribution < -0.4 is 42.5 Å². The Labute approximate surface area is 442 Å². The van der Waals surface area contributed by atoms with Crippen molar-refractivity contribution in [1.82, 2.24) is 52.0 Å². The Balaban J connectivity index is 1.48. The number of nitrogens with one attached hydrogen (secondary N) is 8. The average Bonchev–Trinajstić information content (AvgIpc) is 4.09. The van der Waals surface area contributed by atoms with Gasteiger partial charge in [-0.2, -0.15) is 0 Å². The van der Waals surface area contributed by atoms with Crippen LogP contribution in [0.15, 0.2) is 35.8 Å². The molecule has 10 amide bonds. The Hall–Kier alpha value is -6.73. The van der Waals surface area contributed by atoms with Gasteiger partial charge in [0, 0.05) is 52.0 Å². The number of carbonyl (C=O) groups excluding carboxylic acids is 10. The van der Waals surface area contributed by atoms with E-state index in [0.29, 0.717) is 37.2 Å². The van der Waals surface area contributed by atoms with Gasteiger partial charge in [-0.05, 0) is 56.2 Å². The quantitative estimate of drug-likeness (QED) is 0.0563. The third-order valence-electron chi connectivity index (χ3n) is 12.8. The Morgan fingerprint density at radius 2 is 1.51 bits per heavy atom. The van der Waals surface area contributed by atoms with E-state index in [0.717, 1.165) is 11.4 Å². The predicted octanol–water partition coefficient (Wildman–Crippen LogP) is 0.949. The molecular formula is C50H77N11O13S. The minimum Gasteiger partial charge on any atom is -0.445 e. The van der Waals surface area contributed by atoms with Gasteiger partial charge in [0.25, 0.3) is 0 Å². The lowest BCUT2D eigenvalue weighted by Gasteiger charge is -2.39. The number of amides is 10. The molecule has 2 aromatic rings. The molecule has 1 saturated heterocycles. The maximum atomic E-state index is 14.1. The van der Waals surface area contributed by atoms with Gasteiger partial charge in [-0.3, -0.25) is 43.2 Å². The third-order valence-corrected chi connectivity index (χ3v) is 13.6. The van der Waals surface area contributed by atoms with Gasteiger partial charge in [0.15, 0.2) is 0 Å². The number of aromatic nitrogens is 1. The van der Waals surface area contributed by atoms with Crippen molar-refractivity contribution in [3.63, 3.8) is 0 Å². The molecule has 24 nitrogen and oxygen atoms in total. The van der Waals surface area contributed by atoms with E-state index in [1.807, 2.05) is 19.2 Å². The lowest BCUT2D eigenvalue weighted by Crippen LogP contribution is -2.57. The maximum Gasteiger partial charge on any atom is 0.408 e. The van der Waals surface area contributed by atoms with Crippen molar-refractivity contribution < 1.29 is 62.2 Å². The van der Waals surface area contributed by atoms with Crippen LogP contribution >= 0.6 is 11.3 Å². The molecule has 2 heterocycles. The summed E-state index contributed by atoms with van der Waals surface area (Å²) in [6.07, 6.45) is 1.45. The first-order valence-electron chi connectivity index (χ1n) is 24.9. The molecule has 0 saturated carbocycles. The van der Waals surface area contributed by atoms with Gasteiger partial charge in [0.2, 0.25) is 53.2 Å². The normalized spacial score (nSPS) is 15.7. The number of rotatable bonds is 29. The minimum absolute atomic E-state index is 0.0465. The first kappa shape index (κ1) is 62.6. The standard InChI is InChI=1S/C50H77N11O13S/c1-12-30(4)44(36(72-10)22-41(66)61-20-13-14-35(61)45(73-11)31(5)46(68)55-26-40-51-19-21-75-40)60(9)42(67)27-56-48(70)50(7,8)59-49(71)74-28-33-15-17-34(18-16-33)57-38(64)25-54-47(69)43(29(2)3)58-39(65)24-53-37(63)23-52-32(6)62/h15-19,21,29-31,35-36,43-45H,12-14,20,22-28H2,1-11H3,(H,52,62)(H,53,63)(H,54,69)(H,55,68)(H,56,70)(H,57,64)(H,58,65)(H,59,71)/t30-,31+,35-,36+,43?,44-,45+/m0/s1. The molecule has 0 radical (unpaired) electrons. The monoisotopic (exact) mass is 1070 g/mol. The highest BCUT2D eigenvalue weighted by Gasteiger charge is 2.42. The minimum atomic E-state index is -1.52. The zero-order valence-electron chi connectivity index (χ0n) is 44.9. The molecule has 8 N–H and O–H groups in total. The topological polar surface area (TPSA) is 314 Å². The van der Waals surface area contributed by atoms with Crippen molar-refractivity contribution in [2.24, 2.45) is 17.8 Å². The smallest absolute Gasteiger partial charge is 0.408 e. The number of likely N-dealkylation sites (N-methyl/N-ethyl adjacent to an activating group) is 1. The van der Waals surface area contributed by atoms with Crippen molar-refractivity contribution in [2.45, 2.75) is 130 Å². The van der Waals surface area contributed by atoms with E-state index in [9.17, 15) is 47.9 Å². The fourth-order valence-corrected chi connectivity index (χ4v) is 8.92. The average molecular weight is 1070 g/mol. The van der Waals surface area contributed by atoms with E-state index in [2.05, 4.69) is 47.5 Å². The molecule has 1 unspecified atom stereocenters. The first-order valence-corrected chi connectivity index (χ1v) is 25.8.